The quantitative estimate of drug-likeness (QED) is 0.622. The van der Waals surface area contributed by atoms with Crippen molar-refractivity contribution >= 4 is 11.9 Å². The Morgan fingerprint density at radius 2 is 1.79 bits per heavy atom. The fraction of sp³-hybridized carbons (Fsp3) is 0.227. The van der Waals surface area contributed by atoms with Crippen molar-refractivity contribution < 1.29 is 18.7 Å². The van der Waals surface area contributed by atoms with Gasteiger partial charge in [0.1, 0.15) is 5.82 Å². The van der Waals surface area contributed by atoms with Crippen molar-refractivity contribution in [2.24, 2.45) is 0 Å². The van der Waals surface area contributed by atoms with Crippen molar-refractivity contribution in [1.29, 1.82) is 0 Å². The van der Waals surface area contributed by atoms with Crippen LogP contribution >= 0.6 is 0 Å². The number of halogens is 1. The normalized spacial score (nSPS) is 12.8. The fourth-order valence-electron chi connectivity index (χ4n) is 2.77. The zero-order valence-electron chi connectivity index (χ0n) is 16.2. The Bertz CT molecular complexity index is 954. The summed E-state index contributed by atoms with van der Waals surface area (Å²) in [6.45, 7) is 3.89. The van der Waals surface area contributed by atoms with Crippen LogP contribution in [0.15, 0.2) is 67.0 Å². The van der Waals surface area contributed by atoms with Crippen molar-refractivity contribution in [2.45, 2.75) is 32.5 Å². The highest BCUT2D eigenvalue weighted by molar-refractivity contribution is 5.92. The summed E-state index contributed by atoms with van der Waals surface area (Å²) in [5, 5.41) is 6.90. The zero-order valence-corrected chi connectivity index (χ0v) is 16.2. The maximum absolute atomic E-state index is 13.0. The number of carbonyl (C=O) groups excluding carboxylic acids is 2. The topological polar surface area (TPSA) is 73.2 Å². The maximum atomic E-state index is 13.0. The second kappa shape index (κ2) is 9.14. The lowest BCUT2D eigenvalue weighted by Crippen LogP contribution is -2.37. The molecule has 0 aliphatic rings. The number of hydrogen-bond donors (Lipinski definition) is 1. The summed E-state index contributed by atoms with van der Waals surface area (Å²) in [5.41, 5.74) is 2.11. The van der Waals surface area contributed by atoms with E-state index >= 15 is 0 Å². The SMILES string of the molecule is CC(OC(=O)c1ccc(Cn2cccn2)cc1)C(=O)NC(C)c1ccc(F)cc1. The molecule has 0 radical (unpaired) electrons. The first-order valence-electron chi connectivity index (χ1n) is 9.25. The van der Waals surface area contributed by atoms with Gasteiger partial charge in [0.15, 0.2) is 6.10 Å². The van der Waals surface area contributed by atoms with Crippen LogP contribution in [-0.4, -0.2) is 27.8 Å². The van der Waals surface area contributed by atoms with E-state index in [0.29, 0.717) is 12.1 Å². The van der Waals surface area contributed by atoms with Crippen LogP contribution in [0.3, 0.4) is 0 Å². The van der Waals surface area contributed by atoms with Crippen LogP contribution in [0.4, 0.5) is 4.39 Å². The summed E-state index contributed by atoms with van der Waals surface area (Å²) in [7, 11) is 0. The maximum Gasteiger partial charge on any atom is 0.338 e. The van der Waals surface area contributed by atoms with E-state index in [0.717, 1.165) is 11.1 Å². The molecule has 0 saturated carbocycles. The second-order valence-corrected chi connectivity index (χ2v) is 6.73. The van der Waals surface area contributed by atoms with Crippen LogP contribution in [-0.2, 0) is 16.1 Å². The average molecular weight is 395 g/mol. The number of rotatable bonds is 7. The Morgan fingerprint density at radius 1 is 1.10 bits per heavy atom. The number of esters is 1. The van der Waals surface area contributed by atoms with E-state index in [2.05, 4.69) is 10.4 Å². The highest BCUT2D eigenvalue weighted by Gasteiger charge is 2.21. The minimum absolute atomic E-state index is 0.342. The molecule has 29 heavy (non-hydrogen) atoms. The lowest BCUT2D eigenvalue weighted by molar-refractivity contribution is -0.129. The highest BCUT2D eigenvalue weighted by atomic mass is 19.1. The summed E-state index contributed by atoms with van der Waals surface area (Å²) < 4.78 is 20.1. The number of amides is 1. The van der Waals surface area contributed by atoms with Crippen LogP contribution < -0.4 is 5.32 Å². The summed E-state index contributed by atoms with van der Waals surface area (Å²) in [5.74, 6) is -1.34. The molecule has 2 unspecified atom stereocenters. The number of nitrogens with zero attached hydrogens (tertiary/aromatic N) is 2. The van der Waals surface area contributed by atoms with Crippen LogP contribution in [0.1, 0.15) is 41.4 Å². The smallest absolute Gasteiger partial charge is 0.338 e. The van der Waals surface area contributed by atoms with Gasteiger partial charge in [-0.3, -0.25) is 9.48 Å². The number of benzene rings is 2. The van der Waals surface area contributed by atoms with Crippen molar-refractivity contribution in [3.63, 3.8) is 0 Å². The largest absolute Gasteiger partial charge is 0.449 e. The molecular formula is C22H22FN3O3. The third-order valence-corrected chi connectivity index (χ3v) is 4.48. The fourth-order valence-corrected chi connectivity index (χ4v) is 2.77. The van der Waals surface area contributed by atoms with Gasteiger partial charge < -0.3 is 10.1 Å². The van der Waals surface area contributed by atoms with E-state index in [1.807, 2.05) is 24.4 Å². The minimum atomic E-state index is -0.964. The summed E-state index contributed by atoms with van der Waals surface area (Å²) in [6, 6.07) is 14.3. The molecule has 0 bridgehead atoms. The van der Waals surface area contributed by atoms with Crippen LogP contribution in [0, 0.1) is 5.82 Å². The Labute approximate surface area is 168 Å². The van der Waals surface area contributed by atoms with E-state index < -0.39 is 18.0 Å². The number of aromatic nitrogens is 2. The molecule has 3 aromatic rings. The van der Waals surface area contributed by atoms with E-state index in [1.54, 1.807) is 42.1 Å². The Hall–Kier alpha value is -3.48. The number of carbonyl (C=O) groups is 2. The molecule has 150 valence electrons. The summed E-state index contributed by atoms with van der Waals surface area (Å²) in [4.78, 5) is 24.6. The van der Waals surface area contributed by atoms with Crippen LogP contribution in [0.25, 0.3) is 0 Å². The Morgan fingerprint density at radius 3 is 2.41 bits per heavy atom. The molecule has 2 atom stereocenters. The first-order valence-corrected chi connectivity index (χ1v) is 9.25. The molecule has 0 saturated heterocycles. The van der Waals surface area contributed by atoms with Gasteiger partial charge in [0, 0.05) is 12.4 Å². The number of nitrogens with one attached hydrogen (secondary N) is 1. The van der Waals surface area contributed by atoms with Gasteiger partial charge >= 0.3 is 5.97 Å². The van der Waals surface area contributed by atoms with Gasteiger partial charge in [0.25, 0.3) is 5.91 Å². The molecule has 1 aromatic heterocycles. The van der Waals surface area contributed by atoms with Gasteiger partial charge in [-0.25, -0.2) is 9.18 Å². The van der Waals surface area contributed by atoms with Gasteiger partial charge in [-0.1, -0.05) is 24.3 Å². The predicted octanol–water partition coefficient (Wildman–Crippen LogP) is 3.49. The lowest BCUT2D eigenvalue weighted by Gasteiger charge is -2.18. The molecule has 6 nitrogen and oxygen atoms in total. The average Bonchev–Trinajstić information content (AvgIpc) is 3.22. The summed E-state index contributed by atoms with van der Waals surface area (Å²) in [6.07, 6.45) is 2.60. The van der Waals surface area contributed by atoms with Gasteiger partial charge in [0.2, 0.25) is 0 Å². The lowest BCUT2D eigenvalue weighted by atomic mass is 10.1. The van der Waals surface area contributed by atoms with Crippen LogP contribution in [0.2, 0.25) is 0 Å². The molecule has 0 fully saturated rings. The van der Waals surface area contributed by atoms with Crippen molar-refractivity contribution in [3.8, 4) is 0 Å². The first kappa shape index (κ1) is 20.3. The van der Waals surface area contributed by atoms with Gasteiger partial charge in [-0.15, -0.1) is 0 Å². The van der Waals surface area contributed by atoms with E-state index in [4.69, 9.17) is 4.74 Å². The molecule has 0 spiro atoms. The molecule has 1 N–H and O–H groups in total. The Balaban J connectivity index is 1.53. The molecule has 3 rings (SSSR count). The molecule has 1 amide bonds. The van der Waals surface area contributed by atoms with E-state index in [9.17, 15) is 14.0 Å². The van der Waals surface area contributed by atoms with Crippen molar-refractivity contribution in [2.75, 3.05) is 0 Å². The van der Waals surface area contributed by atoms with Crippen molar-refractivity contribution in [1.82, 2.24) is 15.1 Å². The molecular weight excluding hydrogens is 373 g/mol. The van der Waals surface area contributed by atoms with Gasteiger partial charge in [-0.05, 0) is 55.3 Å². The molecule has 0 aliphatic carbocycles. The molecule has 1 heterocycles. The van der Waals surface area contributed by atoms with Gasteiger partial charge in [0.05, 0.1) is 18.2 Å². The standard InChI is InChI=1S/C22H22FN3O3/c1-15(18-8-10-20(23)11-9-18)25-21(27)16(2)29-22(28)19-6-4-17(5-7-19)14-26-13-3-12-24-26/h3-13,15-16H,14H2,1-2H3,(H,25,27). The third-order valence-electron chi connectivity index (χ3n) is 4.48. The van der Waals surface area contributed by atoms with Gasteiger partial charge in [-0.2, -0.15) is 5.10 Å². The Kier molecular flexibility index (Phi) is 6.39. The minimum Gasteiger partial charge on any atom is -0.449 e. The predicted molar refractivity (Wildman–Crippen MR) is 106 cm³/mol. The first-order chi connectivity index (χ1) is 13.9. The highest BCUT2D eigenvalue weighted by Crippen LogP contribution is 2.14. The molecule has 0 aliphatic heterocycles. The monoisotopic (exact) mass is 395 g/mol. The van der Waals surface area contributed by atoms with Crippen molar-refractivity contribution in [3.05, 3.63) is 89.5 Å². The van der Waals surface area contributed by atoms with Crippen LogP contribution in [0.5, 0.6) is 0 Å². The zero-order chi connectivity index (χ0) is 20.8. The van der Waals surface area contributed by atoms with E-state index in [1.165, 1.54) is 19.1 Å². The number of ether oxygens (including phenoxy) is 1. The molecule has 7 heteroatoms. The second-order valence-electron chi connectivity index (χ2n) is 6.73. The summed E-state index contributed by atoms with van der Waals surface area (Å²) >= 11 is 0. The molecule has 2 aromatic carbocycles. The van der Waals surface area contributed by atoms with E-state index in [-0.39, 0.29) is 11.9 Å². The third kappa shape index (κ3) is 5.51. The number of hydrogen-bond acceptors (Lipinski definition) is 4.